The molecule has 0 aliphatic carbocycles. The molecule has 0 saturated carbocycles. The average molecular weight is 344 g/mol. The Hall–Kier alpha value is -0.440. The molecule has 0 amide bonds. The number of carboxylic acid groups (broad SMARTS) is 1. The van der Waals surface area contributed by atoms with Crippen LogP contribution in [0.1, 0.15) is 20.8 Å². The van der Waals surface area contributed by atoms with Crippen molar-refractivity contribution in [1.82, 2.24) is 0 Å². The summed E-state index contributed by atoms with van der Waals surface area (Å²) in [5.41, 5.74) is -0.583. The van der Waals surface area contributed by atoms with E-state index in [9.17, 15) is 13.2 Å². The molecule has 5 nitrogen and oxygen atoms in total. The Morgan fingerprint density at radius 2 is 1.88 bits per heavy atom. The summed E-state index contributed by atoms with van der Waals surface area (Å²) in [6.07, 6.45) is 0. The molecule has 8 heteroatoms. The summed E-state index contributed by atoms with van der Waals surface area (Å²) < 4.78 is 22.0. The van der Waals surface area contributed by atoms with Crippen molar-refractivity contribution < 1.29 is 18.3 Å². The van der Waals surface area contributed by atoms with Crippen LogP contribution in [0.4, 0.5) is 0 Å². The van der Waals surface area contributed by atoms with E-state index in [4.69, 9.17) is 10.2 Å². The third-order valence-electron chi connectivity index (χ3n) is 1.48. The lowest BCUT2D eigenvalue weighted by atomic mass is 9.98. The van der Waals surface area contributed by atoms with Gasteiger partial charge in [0.25, 0.3) is 0 Å². The van der Waals surface area contributed by atoms with E-state index >= 15 is 0 Å². The lowest BCUT2D eigenvalue weighted by molar-refractivity contribution is -0.145. The van der Waals surface area contributed by atoms with Gasteiger partial charge in [-0.1, -0.05) is 0 Å². The molecule has 98 valence electrons. The second-order valence-electron chi connectivity index (χ2n) is 4.16. The van der Waals surface area contributed by atoms with Gasteiger partial charge in [0, 0.05) is 4.47 Å². The summed E-state index contributed by atoms with van der Waals surface area (Å²) in [6.45, 7) is 4.99. The van der Waals surface area contributed by atoms with E-state index in [1.165, 1.54) is 0 Å². The van der Waals surface area contributed by atoms with Crippen molar-refractivity contribution >= 4 is 43.3 Å². The van der Waals surface area contributed by atoms with Crippen LogP contribution in [0.15, 0.2) is 20.1 Å². The Morgan fingerprint density at radius 3 is 2.00 bits per heavy atom. The zero-order valence-electron chi connectivity index (χ0n) is 9.60. The number of aliphatic carboxylic acids is 1. The van der Waals surface area contributed by atoms with E-state index in [2.05, 4.69) is 15.9 Å². The van der Waals surface area contributed by atoms with Crippen molar-refractivity contribution in [3.05, 3.63) is 15.9 Å². The van der Waals surface area contributed by atoms with E-state index < -0.39 is 21.4 Å². The molecule has 1 heterocycles. The van der Waals surface area contributed by atoms with E-state index in [1.54, 1.807) is 32.2 Å². The molecule has 0 saturated heterocycles. The second-order valence-corrected chi connectivity index (χ2v) is 7.68. The molecular weight excluding hydrogens is 330 g/mol. The fourth-order valence-corrected chi connectivity index (χ4v) is 3.30. The molecular formula is C9H14BrNO4S2. The highest BCUT2D eigenvalue weighted by Gasteiger charge is 2.18. The van der Waals surface area contributed by atoms with Gasteiger partial charge in [0.05, 0.1) is 5.41 Å². The second kappa shape index (κ2) is 5.94. The van der Waals surface area contributed by atoms with Gasteiger partial charge in [0.2, 0.25) is 10.0 Å². The van der Waals surface area contributed by atoms with Crippen LogP contribution >= 0.6 is 27.3 Å². The fraction of sp³-hybridized carbons (Fsp3) is 0.444. The van der Waals surface area contributed by atoms with Gasteiger partial charge in [0.1, 0.15) is 4.21 Å². The van der Waals surface area contributed by atoms with E-state index in [-0.39, 0.29) is 4.21 Å². The standard InChI is InChI=1S/C5H10O2.C4H4BrNO2S2/c1-5(2,3)4(6)7;5-3-1-2-9-4(3)10(6,7)8/h1-3H3,(H,6,7);1-2H,(H2,6,7,8). The molecule has 0 atom stereocenters. The Bertz CT molecular complexity index is 487. The lowest BCUT2D eigenvalue weighted by Crippen LogP contribution is -2.18. The zero-order chi connectivity index (χ0) is 13.9. The number of hydrogen-bond donors (Lipinski definition) is 2. The van der Waals surface area contributed by atoms with Crippen molar-refractivity contribution in [2.24, 2.45) is 10.6 Å². The van der Waals surface area contributed by atoms with Crippen molar-refractivity contribution in [2.75, 3.05) is 0 Å². The topological polar surface area (TPSA) is 97.5 Å². The van der Waals surface area contributed by atoms with Gasteiger partial charge in [0.15, 0.2) is 0 Å². The van der Waals surface area contributed by atoms with Crippen LogP contribution in [0.5, 0.6) is 0 Å². The number of halogens is 1. The summed E-state index contributed by atoms with van der Waals surface area (Å²) in [6, 6.07) is 1.64. The molecule has 1 aromatic rings. The molecule has 0 bridgehead atoms. The first kappa shape index (κ1) is 16.6. The highest BCUT2D eigenvalue weighted by atomic mass is 79.9. The average Bonchev–Trinajstić information content (AvgIpc) is 2.49. The van der Waals surface area contributed by atoms with Gasteiger partial charge >= 0.3 is 5.97 Å². The number of rotatable bonds is 1. The van der Waals surface area contributed by atoms with Crippen LogP contribution in [0, 0.1) is 5.41 Å². The molecule has 0 unspecified atom stereocenters. The summed E-state index contributed by atoms with van der Waals surface area (Å²) in [5, 5.41) is 14.8. The predicted molar refractivity (Wildman–Crippen MR) is 70.5 cm³/mol. The largest absolute Gasteiger partial charge is 0.481 e. The van der Waals surface area contributed by atoms with Crippen molar-refractivity contribution in [1.29, 1.82) is 0 Å². The number of thiophene rings is 1. The number of carbonyl (C=O) groups is 1. The quantitative estimate of drug-likeness (QED) is 0.817. The van der Waals surface area contributed by atoms with Gasteiger partial charge in [-0.15, -0.1) is 11.3 Å². The van der Waals surface area contributed by atoms with Crippen LogP contribution in [-0.4, -0.2) is 19.5 Å². The Kier molecular flexibility index (Phi) is 5.79. The van der Waals surface area contributed by atoms with Crippen molar-refractivity contribution in [3.8, 4) is 0 Å². The van der Waals surface area contributed by atoms with Gasteiger partial charge in [-0.05, 0) is 48.1 Å². The summed E-state index contributed by atoms with van der Waals surface area (Å²) in [4.78, 5) is 10.0. The van der Waals surface area contributed by atoms with Crippen molar-refractivity contribution in [3.63, 3.8) is 0 Å². The van der Waals surface area contributed by atoms with E-state index in [1.807, 2.05) is 0 Å². The molecule has 0 radical (unpaired) electrons. The van der Waals surface area contributed by atoms with Crippen LogP contribution in [0.3, 0.4) is 0 Å². The molecule has 1 aromatic heterocycles. The van der Waals surface area contributed by atoms with Crippen molar-refractivity contribution in [2.45, 2.75) is 25.0 Å². The Balaban J connectivity index is 0.000000325. The first-order valence-electron chi connectivity index (χ1n) is 4.45. The molecule has 0 fully saturated rings. The molecule has 3 N–H and O–H groups in total. The maximum Gasteiger partial charge on any atom is 0.308 e. The molecule has 0 aliphatic heterocycles. The minimum atomic E-state index is -3.52. The number of carboxylic acids is 1. The number of nitrogens with two attached hydrogens (primary N) is 1. The summed E-state index contributed by atoms with van der Waals surface area (Å²) >= 11 is 4.15. The van der Waals surface area contributed by atoms with Gasteiger partial charge in [-0.2, -0.15) is 0 Å². The monoisotopic (exact) mass is 343 g/mol. The maximum absolute atomic E-state index is 10.7. The predicted octanol–water partition coefficient (Wildman–Crippen LogP) is 2.28. The molecule has 0 aliphatic rings. The Morgan fingerprint density at radius 1 is 1.47 bits per heavy atom. The number of sulfonamides is 1. The first-order valence-corrected chi connectivity index (χ1v) is 7.67. The van der Waals surface area contributed by atoms with Gasteiger partial charge in [-0.3, -0.25) is 4.79 Å². The lowest BCUT2D eigenvalue weighted by Gasteiger charge is -2.08. The summed E-state index contributed by atoms with van der Waals surface area (Å²) in [7, 11) is -3.52. The van der Waals surface area contributed by atoms with E-state index in [0.29, 0.717) is 4.47 Å². The third kappa shape index (κ3) is 6.16. The van der Waals surface area contributed by atoms with Gasteiger partial charge < -0.3 is 5.11 Å². The van der Waals surface area contributed by atoms with Crippen LogP contribution in [0.25, 0.3) is 0 Å². The minimum Gasteiger partial charge on any atom is -0.481 e. The maximum atomic E-state index is 10.7. The number of hydrogen-bond acceptors (Lipinski definition) is 4. The SMILES string of the molecule is CC(C)(C)C(=O)O.NS(=O)(=O)c1sccc1Br. The molecule has 17 heavy (non-hydrogen) atoms. The normalized spacial score (nSPS) is 11.6. The molecule has 0 aromatic carbocycles. The molecule has 0 spiro atoms. The third-order valence-corrected chi connectivity index (χ3v) is 5.10. The Labute approximate surface area is 113 Å². The highest BCUT2D eigenvalue weighted by molar-refractivity contribution is 9.10. The van der Waals surface area contributed by atoms with Crippen LogP contribution in [0.2, 0.25) is 0 Å². The van der Waals surface area contributed by atoms with Crippen LogP contribution in [-0.2, 0) is 14.8 Å². The minimum absolute atomic E-state index is 0.174. The highest BCUT2D eigenvalue weighted by Crippen LogP contribution is 2.25. The smallest absolute Gasteiger partial charge is 0.308 e. The first-order chi connectivity index (χ1) is 7.46. The summed E-state index contributed by atoms with van der Waals surface area (Å²) in [5.74, 6) is -0.757. The molecule has 1 rings (SSSR count). The fourth-order valence-electron chi connectivity index (χ4n) is 0.483. The van der Waals surface area contributed by atoms with E-state index in [0.717, 1.165) is 11.3 Å². The number of primary sulfonamides is 1. The van der Waals surface area contributed by atoms with Crippen LogP contribution < -0.4 is 5.14 Å². The van der Waals surface area contributed by atoms with Gasteiger partial charge in [-0.25, -0.2) is 13.6 Å². The zero-order valence-corrected chi connectivity index (χ0v) is 12.8.